The summed E-state index contributed by atoms with van der Waals surface area (Å²) in [5.41, 5.74) is 0. The standard InChI is InChI=1S/C52H101NO8/c1-6-8-10-12-14-16-18-19-20-21-22-23-24-25-26-27-28-29-30-31-32-33-35-37-39-41-43-50(55)61-48(47-60-52(51(56)57)58-45-44-53(3,4)5)46-59-49(54)42-40-38-36-34-17-15-13-11-9-7-2/h48,52H,6-47H2,1-5H3/p+1. The third kappa shape index (κ3) is 46.1. The number of carbonyl (C=O) groups is 3. The molecule has 9 nitrogen and oxygen atoms in total. The highest BCUT2D eigenvalue weighted by Crippen LogP contribution is 2.17. The minimum absolute atomic E-state index is 0.174. The maximum Gasteiger partial charge on any atom is 0.361 e. The van der Waals surface area contributed by atoms with Gasteiger partial charge in [-0.25, -0.2) is 4.79 Å². The summed E-state index contributed by atoms with van der Waals surface area (Å²) in [7, 11) is 5.97. The molecule has 9 heteroatoms. The van der Waals surface area contributed by atoms with Crippen LogP contribution in [0.3, 0.4) is 0 Å². The first kappa shape index (κ1) is 59.3. The third-order valence-electron chi connectivity index (χ3n) is 11.9. The Bertz CT molecular complexity index is 970. The quantitative estimate of drug-likeness (QED) is 0.0279. The summed E-state index contributed by atoms with van der Waals surface area (Å²) in [5.74, 6) is -1.98. The summed E-state index contributed by atoms with van der Waals surface area (Å²) in [6, 6.07) is 0. The number of hydrogen-bond acceptors (Lipinski definition) is 7. The Balaban J connectivity index is 4.12. The van der Waals surface area contributed by atoms with E-state index in [0.29, 0.717) is 17.4 Å². The van der Waals surface area contributed by atoms with Crippen LogP contribution >= 0.6 is 0 Å². The molecule has 0 fully saturated rings. The highest BCUT2D eigenvalue weighted by atomic mass is 16.7. The summed E-state index contributed by atoms with van der Waals surface area (Å²) >= 11 is 0. The monoisotopic (exact) mass is 869 g/mol. The van der Waals surface area contributed by atoms with E-state index in [9.17, 15) is 19.5 Å². The number of rotatable bonds is 49. The molecule has 0 aliphatic rings. The number of esters is 2. The molecule has 2 atom stereocenters. The summed E-state index contributed by atoms with van der Waals surface area (Å²) in [5, 5.41) is 9.65. The largest absolute Gasteiger partial charge is 0.477 e. The molecule has 0 saturated heterocycles. The van der Waals surface area contributed by atoms with Crippen molar-refractivity contribution >= 4 is 17.9 Å². The molecule has 0 bridgehead atoms. The van der Waals surface area contributed by atoms with Gasteiger partial charge in [0.2, 0.25) is 0 Å². The lowest BCUT2D eigenvalue weighted by Crippen LogP contribution is -2.40. The van der Waals surface area contributed by atoms with Crippen molar-refractivity contribution in [3.05, 3.63) is 0 Å². The lowest BCUT2D eigenvalue weighted by Gasteiger charge is -2.25. The van der Waals surface area contributed by atoms with E-state index in [1.165, 1.54) is 193 Å². The Morgan fingerprint density at radius 1 is 0.426 bits per heavy atom. The summed E-state index contributed by atoms with van der Waals surface area (Å²) in [6.45, 7) is 4.90. The molecule has 1 N–H and O–H groups in total. The van der Waals surface area contributed by atoms with Crippen molar-refractivity contribution in [2.24, 2.45) is 0 Å². The number of carboxylic acid groups (broad SMARTS) is 1. The van der Waals surface area contributed by atoms with Gasteiger partial charge in [-0.1, -0.05) is 232 Å². The van der Waals surface area contributed by atoms with Crippen LogP contribution in [0, 0.1) is 0 Å². The number of nitrogens with zero attached hydrogens (tertiary/aromatic N) is 1. The van der Waals surface area contributed by atoms with E-state index in [-0.39, 0.29) is 38.2 Å². The predicted molar refractivity (Wildman–Crippen MR) is 254 cm³/mol. The van der Waals surface area contributed by atoms with Crippen molar-refractivity contribution in [1.82, 2.24) is 0 Å². The van der Waals surface area contributed by atoms with Gasteiger partial charge in [0.05, 0.1) is 34.4 Å². The molecule has 0 spiro atoms. The molecular formula is C52H102NO8+. The van der Waals surface area contributed by atoms with Crippen molar-refractivity contribution in [2.45, 2.75) is 270 Å². The number of ether oxygens (including phenoxy) is 4. The Labute approximate surface area is 377 Å². The zero-order chi connectivity index (χ0) is 44.9. The van der Waals surface area contributed by atoms with Crippen LogP contribution in [0.1, 0.15) is 258 Å². The van der Waals surface area contributed by atoms with Gasteiger partial charge >= 0.3 is 17.9 Å². The highest BCUT2D eigenvalue weighted by Gasteiger charge is 2.25. The molecular weight excluding hydrogens is 767 g/mol. The van der Waals surface area contributed by atoms with E-state index in [4.69, 9.17) is 18.9 Å². The Morgan fingerprint density at radius 2 is 0.738 bits per heavy atom. The average Bonchev–Trinajstić information content (AvgIpc) is 3.22. The molecule has 0 aromatic heterocycles. The van der Waals surface area contributed by atoms with Gasteiger partial charge in [-0.3, -0.25) is 9.59 Å². The number of carboxylic acids is 1. The SMILES string of the molecule is CCCCCCCCCCCCCCCCCCCCCCCCCCCCC(=O)OC(COC(=O)CCCCCCCCCCCC)COC(OCC[N+](C)(C)C)C(=O)O. The zero-order valence-corrected chi connectivity index (χ0v) is 41.1. The second-order valence-electron chi connectivity index (χ2n) is 19.2. The zero-order valence-electron chi connectivity index (χ0n) is 41.1. The molecule has 0 rings (SSSR count). The first-order valence-electron chi connectivity index (χ1n) is 26.2. The van der Waals surface area contributed by atoms with E-state index in [1.54, 1.807) is 0 Å². The summed E-state index contributed by atoms with van der Waals surface area (Å²) in [6.07, 6.45) is 44.7. The lowest BCUT2D eigenvalue weighted by atomic mass is 10.0. The van der Waals surface area contributed by atoms with Crippen LogP contribution in [0.4, 0.5) is 0 Å². The van der Waals surface area contributed by atoms with Gasteiger partial charge in [0.25, 0.3) is 6.29 Å². The van der Waals surface area contributed by atoms with E-state index < -0.39 is 18.4 Å². The van der Waals surface area contributed by atoms with Crippen molar-refractivity contribution in [3.63, 3.8) is 0 Å². The fraction of sp³-hybridized carbons (Fsp3) is 0.942. The molecule has 0 saturated carbocycles. The van der Waals surface area contributed by atoms with E-state index in [0.717, 1.165) is 38.5 Å². The number of carbonyl (C=O) groups excluding carboxylic acids is 2. The number of likely N-dealkylation sites (N-methyl/N-ethyl adjacent to an activating group) is 1. The Morgan fingerprint density at radius 3 is 1.05 bits per heavy atom. The normalized spacial score (nSPS) is 12.7. The smallest absolute Gasteiger partial charge is 0.361 e. The van der Waals surface area contributed by atoms with Crippen LogP contribution in [-0.4, -0.2) is 87.4 Å². The fourth-order valence-electron chi connectivity index (χ4n) is 7.78. The molecule has 2 unspecified atom stereocenters. The van der Waals surface area contributed by atoms with Crippen LogP contribution in [0.25, 0.3) is 0 Å². The van der Waals surface area contributed by atoms with Crippen molar-refractivity contribution in [1.29, 1.82) is 0 Å². The summed E-state index contributed by atoms with van der Waals surface area (Å²) in [4.78, 5) is 37.1. The second kappa shape index (κ2) is 44.9. The number of aliphatic carboxylic acids is 1. The second-order valence-corrected chi connectivity index (χ2v) is 19.2. The molecule has 61 heavy (non-hydrogen) atoms. The number of unbranched alkanes of at least 4 members (excludes halogenated alkanes) is 34. The van der Waals surface area contributed by atoms with Crippen molar-refractivity contribution < 1.29 is 42.9 Å². The van der Waals surface area contributed by atoms with Crippen LogP contribution in [0.15, 0.2) is 0 Å². The van der Waals surface area contributed by atoms with E-state index >= 15 is 0 Å². The molecule has 0 aromatic carbocycles. The topological polar surface area (TPSA) is 108 Å². The average molecular weight is 869 g/mol. The summed E-state index contributed by atoms with van der Waals surface area (Å²) < 4.78 is 22.8. The van der Waals surface area contributed by atoms with Gasteiger partial charge < -0.3 is 28.5 Å². The van der Waals surface area contributed by atoms with Gasteiger partial charge in [0.1, 0.15) is 13.2 Å². The Kier molecular flexibility index (Phi) is 43.6. The van der Waals surface area contributed by atoms with Gasteiger partial charge in [-0.2, -0.15) is 0 Å². The fourth-order valence-corrected chi connectivity index (χ4v) is 7.78. The molecule has 0 aliphatic heterocycles. The van der Waals surface area contributed by atoms with Crippen LogP contribution in [0.2, 0.25) is 0 Å². The number of quaternary nitrogens is 1. The molecule has 0 heterocycles. The van der Waals surface area contributed by atoms with Gasteiger partial charge in [0, 0.05) is 12.8 Å². The van der Waals surface area contributed by atoms with Crippen molar-refractivity contribution in [3.8, 4) is 0 Å². The Hall–Kier alpha value is -1.71. The van der Waals surface area contributed by atoms with Gasteiger partial charge in [0.15, 0.2) is 6.10 Å². The highest BCUT2D eigenvalue weighted by molar-refractivity contribution is 5.71. The van der Waals surface area contributed by atoms with Crippen LogP contribution < -0.4 is 0 Å². The number of hydrogen-bond donors (Lipinski definition) is 1. The van der Waals surface area contributed by atoms with Crippen LogP contribution in [-0.2, 0) is 33.3 Å². The van der Waals surface area contributed by atoms with E-state index in [1.807, 2.05) is 21.1 Å². The molecule has 362 valence electrons. The first-order chi connectivity index (χ1) is 29.6. The van der Waals surface area contributed by atoms with Crippen molar-refractivity contribution in [2.75, 3.05) is 47.5 Å². The molecule has 0 aromatic rings. The molecule has 0 aliphatic carbocycles. The first-order valence-corrected chi connectivity index (χ1v) is 26.2. The molecule has 0 amide bonds. The predicted octanol–water partition coefficient (Wildman–Crippen LogP) is 14.5. The van der Waals surface area contributed by atoms with Gasteiger partial charge in [-0.15, -0.1) is 0 Å². The van der Waals surface area contributed by atoms with E-state index in [2.05, 4.69) is 13.8 Å². The maximum atomic E-state index is 12.8. The molecule has 0 radical (unpaired) electrons. The third-order valence-corrected chi connectivity index (χ3v) is 11.9. The minimum Gasteiger partial charge on any atom is -0.477 e. The van der Waals surface area contributed by atoms with Gasteiger partial charge in [-0.05, 0) is 12.8 Å². The maximum absolute atomic E-state index is 12.8. The lowest BCUT2D eigenvalue weighted by molar-refractivity contribution is -0.870. The van der Waals surface area contributed by atoms with Crippen LogP contribution in [0.5, 0.6) is 0 Å². The minimum atomic E-state index is -1.50.